The Kier molecular flexibility index (Phi) is 6.47. The summed E-state index contributed by atoms with van der Waals surface area (Å²) in [5.74, 6) is 0.979. The van der Waals surface area contributed by atoms with Crippen molar-refractivity contribution >= 4 is 40.0 Å². The van der Waals surface area contributed by atoms with Crippen LogP contribution in [-0.4, -0.2) is 23.1 Å². The summed E-state index contributed by atoms with van der Waals surface area (Å²) in [5.41, 5.74) is 5.22. The molecule has 0 fully saturated rings. The Morgan fingerprint density at radius 2 is 1.84 bits per heavy atom. The number of methoxy groups -OCH3 is 1. The van der Waals surface area contributed by atoms with Gasteiger partial charge in [-0.25, -0.2) is 4.98 Å². The van der Waals surface area contributed by atoms with E-state index in [0.717, 1.165) is 28.8 Å². The topological polar surface area (TPSA) is 76.4 Å². The lowest BCUT2D eigenvalue weighted by Crippen LogP contribution is -2.34. The molecular weight excluding hydrogens is 422 g/mol. The van der Waals surface area contributed by atoms with Gasteiger partial charge in [-0.15, -0.1) is 0 Å². The number of carbonyl (C=O) groups is 1. The van der Waals surface area contributed by atoms with Crippen molar-refractivity contribution in [3.05, 3.63) is 89.3 Å². The van der Waals surface area contributed by atoms with Crippen LogP contribution in [0.5, 0.6) is 5.75 Å². The number of hydrogen-bond donors (Lipinski definition) is 2. The molecule has 0 aliphatic rings. The van der Waals surface area contributed by atoms with Gasteiger partial charge in [0.15, 0.2) is 16.6 Å². The highest BCUT2D eigenvalue weighted by Gasteiger charge is 2.10. The number of benzene rings is 3. The number of oxazole rings is 1. The number of nitrogens with one attached hydrogen (secondary N) is 2. The first-order valence-corrected chi connectivity index (χ1v) is 10.7. The Balaban J connectivity index is 1.36. The first-order chi connectivity index (χ1) is 15.5. The second-order valence-electron chi connectivity index (χ2n) is 7.28. The van der Waals surface area contributed by atoms with E-state index in [1.165, 1.54) is 5.56 Å². The molecule has 7 heteroatoms. The molecule has 0 unspecified atom stereocenters. The van der Waals surface area contributed by atoms with Crippen LogP contribution in [0.3, 0.4) is 0 Å². The van der Waals surface area contributed by atoms with E-state index in [1.807, 2.05) is 30.3 Å². The van der Waals surface area contributed by atoms with Crippen molar-refractivity contribution < 1.29 is 13.9 Å². The number of ether oxygens (including phenoxy) is 1. The first-order valence-electron chi connectivity index (χ1n) is 10.3. The van der Waals surface area contributed by atoms with Crippen LogP contribution in [0.2, 0.25) is 0 Å². The number of aryl methyl sites for hydroxylation is 1. The zero-order valence-corrected chi connectivity index (χ0v) is 18.7. The molecule has 0 atom stereocenters. The molecule has 0 saturated carbocycles. The molecule has 162 valence electrons. The summed E-state index contributed by atoms with van der Waals surface area (Å²) < 4.78 is 11.0. The molecule has 4 rings (SSSR count). The Morgan fingerprint density at radius 3 is 2.59 bits per heavy atom. The van der Waals surface area contributed by atoms with E-state index >= 15 is 0 Å². The van der Waals surface area contributed by atoms with E-state index in [-0.39, 0.29) is 11.0 Å². The van der Waals surface area contributed by atoms with E-state index in [1.54, 1.807) is 31.4 Å². The molecule has 6 nitrogen and oxygen atoms in total. The van der Waals surface area contributed by atoms with E-state index in [0.29, 0.717) is 23.6 Å². The van der Waals surface area contributed by atoms with Gasteiger partial charge in [-0.2, -0.15) is 0 Å². The summed E-state index contributed by atoms with van der Waals surface area (Å²) in [7, 11) is 1.55. The summed E-state index contributed by atoms with van der Waals surface area (Å²) in [5, 5.41) is 5.92. The predicted octanol–water partition coefficient (Wildman–Crippen LogP) is 5.12. The molecule has 0 aliphatic carbocycles. The highest BCUT2D eigenvalue weighted by atomic mass is 32.1. The fraction of sp³-hybridized carbons (Fsp3) is 0.160. The molecule has 32 heavy (non-hydrogen) atoms. The fourth-order valence-electron chi connectivity index (χ4n) is 3.30. The molecule has 4 aromatic rings. The second-order valence-corrected chi connectivity index (χ2v) is 7.69. The van der Waals surface area contributed by atoms with Crippen LogP contribution in [0.25, 0.3) is 11.1 Å². The molecule has 0 bridgehead atoms. The number of fused-ring (bicyclic) bond motifs is 1. The largest absolute Gasteiger partial charge is 0.497 e. The minimum atomic E-state index is -0.305. The number of nitrogens with zero attached hydrogens (tertiary/aromatic N) is 1. The summed E-state index contributed by atoms with van der Waals surface area (Å²) in [4.78, 5) is 17.0. The maximum absolute atomic E-state index is 12.4. The molecule has 1 heterocycles. The van der Waals surface area contributed by atoms with Crippen molar-refractivity contribution in [2.75, 3.05) is 12.4 Å². The van der Waals surface area contributed by atoms with Crippen LogP contribution in [0.1, 0.15) is 34.3 Å². The van der Waals surface area contributed by atoms with Crippen LogP contribution in [-0.2, 0) is 12.8 Å². The highest BCUT2D eigenvalue weighted by Crippen LogP contribution is 2.20. The summed E-state index contributed by atoms with van der Waals surface area (Å²) in [6.07, 6.45) is 1.56. The smallest absolute Gasteiger partial charge is 0.257 e. The number of amides is 1. The van der Waals surface area contributed by atoms with Crippen molar-refractivity contribution in [2.45, 2.75) is 19.8 Å². The lowest BCUT2D eigenvalue weighted by atomic mass is 10.1. The van der Waals surface area contributed by atoms with Crippen molar-refractivity contribution in [3.8, 4) is 5.75 Å². The molecular formula is C25H23N3O3S. The summed E-state index contributed by atoms with van der Waals surface area (Å²) in [6.45, 7) is 2.12. The molecule has 1 aromatic heterocycles. The Hall–Kier alpha value is -3.71. The number of thiocarbonyl (C=S) groups is 1. The average molecular weight is 446 g/mol. The number of carbonyl (C=O) groups excluding carboxylic acids is 1. The van der Waals surface area contributed by atoms with Gasteiger partial charge in [0, 0.05) is 17.7 Å². The first kappa shape index (κ1) is 21.5. The highest BCUT2D eigenvalue weighted by molar-refractivity contribution is 7.80. The van der Waals surface area contributed by atoms with Crippen LogP contribution >= 0.6 is 12.2 Å². The zero-order valence-electron chi connectivity index (χ0n) is 17.8. The van der Waals surface area contributed by atoms with E-state index < -0.39 is 0 Å². The number of hydrogen-bond acceptors (Lipinski definition) is 5. The van der Waals surface area contributed by atoms with Gasteiger partial charge >= 0.3 is 0 Å². The Morgan fingerprint density at radius 1 is 1.06 bits per heavy atom. The molecule has 0 aliphatic heterocycles. The van der Waals surface area contributed by atoms with Gasteiger partial charge in [-0.1, -0.05) is 31.2 Å². The summed E-state index contributed by atoms with van der Waals surface area (Å²) >= 11 is 5.27. The van der Waals surface area contributed by atoms with E-state index in [2.05, 4.69) is 34.7 Å². The minimum Gasteiger partial charge on any atom is -0.497 e. The lowest BCUT2D eigenvalue weighted by molar-refractivity contribution is 0.0977. The molecule has 0 saturated heterocycles. The molecule has 1 amide bonds. The molecule has 2 N–H and O–H groups in total. The number of rotatable bonds is 6. The third-order valence-corrected chi connectivity index (χ3v) is 5.23. The minimum absolute atomic E-state index is 0.219. The monoisotopic (exact) mass is 445 g/mol. The van der Waals surface area contributed by atoms with Crippen molar-refractivity contribution in [1.29, 1.82) is 0 Å². The standard InChI is InChI=1S/C25H23N3O3S/c1-3-16-9-12-22-21(13-16)27-23(31-22)14-17-7-10-19(11-8-17)26-25(32)28-24(29)18-5-4-6-20(15-18)30-2/h4-13,15H,3,14H2,1-2H3,(H2,26,28,29,32). The quantitative estimate of drug-likeness (QED) is 0.402. The van der Waals surface area contributed by atoms with Crippen LogP contribution < -0.4 is 15.4 Å². The van der Waals surface area contributed by atoms with Gasteiger partial charge in [0.25, 0.3) is 5.91 Å². The van der Waals surface area contributed by atoms with Crippen LogP contribution in [0, 0.1) is 0 Å². The maximum atomic E-state index is 12.4. The lowest BCUT2D eigenvalue weighted by Gasteiger charge is -2.10. The molecule has 0 radical (unpaired) electrons. The Bertz CT molecular complexity index is 1270. The van der Waals surface area contributed by atoms with Gasteiger partial charge < -0.3 is 14.5 Å². The average Bonchev–Trinajstić information content (AvgIpc) is 3.21. The normalized spacial score (nSPS) is 10.7. The van der Waals surface area contributed by atoms with Gasteiger partial charge in [-0.05, 0) is 72.2 Å². The third kappa shape index (κ3) is 5.12. The molecule has 3 aromatic carbocycles. The third-order valence-electron chi connectivity index (χ3n) is 5.03. The Labute approximate surface area is 191 Å². The zero-order chi connectivity index (χ0) is 22.5. The van der Waals surface area contributed by atoms with Gasteiger partial charge in [0.1, 0.15) is 11.3 Å². The summed E-state index contributed by atoms with van der Waals surface area (Å²) in [6, 6.07) is 20.7. The second kappa shape index (κ2) is 9.62. The van der Waals surface area contributed by atoms with Crippen molar-refractivity contribution in [3.63, 3.8) is 0 Å². The van der Waals surface area contributed by atoms with Crippen molar-refractivity contribution in [1.82, 2.24) is 10.3 Å². The van der Waals surface area contributed by atoms with E-state index in [4.69, 9.17) is 21.4 Å². The maximum Gasteiger partial charge on any atom is 0.257 e. The van der Waals surface area contributed by atoms with E-state index in [9.17, 15) is 4.79 Å². The van der Waals surface area contributed by atoms with Crippen LogP contribution in [0.4, 0.5) is 5.69 Å². The molecule has 0 spiro atoms. The van der Waals surface area contributed by atoms with Gasteiger partial charge in [0.2, 0.25) is 0 Å². The van der Waals surface area contributed by atoms with Crippen LogP contribution in [0.15, 0.2) is 71.1 Å². The fourth-order valence-corrected chi connectivity index (χ4v) is 3.51. The SMILES string of the molecule is CCc1ccc2oc(Cc3ccc(NC(=S)NC(=O)c4cccc(OC)c4)cc3)nc2c1. The van der Waals surface area contributed by atoms with Gasteiger partial charge in [0.05, 0.1) is 7.11 Å². The predicted molar refractivity (Wildman–Crippen MR) is 129 cm³/mol. The number of anilines is 1. The van der Waals surface area contributed by atoms with Crippen molar-refractivity contribution in [2.24, 2.45) is 0 Å². The van der Waals surface area contributed by atoms with Gasteiger partial charge in [-0.3, -0.25) is 10.1 Å². The number of aromatic nitrogens is 1.